The Hall–Kier alpha value is -2.26. The molecule has 0 unspecified atom stereocenters. The van der Waals surface area contributed by atoms with Crippen LogP contribution >= 0.6 is 11.6 Å². The van der Waals surface area contributed by atoms with Crippen LogP contribution in [0, 0.1) is 5.82 Å². The number of rotatable bonds is 1. The number of halogens is 2. The number of fused-ring (bicyclic) bond motifs is 2. The van der Waals surface area contributed by atoms with Crippen LogP contribution in [0.4, 0.5) is 4.39 Å². The van der Waals surface area contributed by atoms with Gasteiger partial charge < -0.3 is 0 Å². The third-order valence-corrected chi connectivity index (χ3v) is 4.69. The van der Waals surface area contributed by atoms with E-state index in [4.69, 9.17) is 16.6 Å². The fourth-order valence-electron chi connectivity index (χ4n) is 3.27. The van der Waals surface area contributed by atoms with Gasteiger partial charge in [0, 0.05) is 27.7 Å². The summed E-state index contributed by atoms with van der Waals surface area (Å²) in [7, 11) is 0. The van der Waals surface area contributed by atoms with Gasteiger partial charge >= 0.3 is 0 Å². The van der Waals surface area contributed by atoms with E-state index in [0.717, 1.165) is 39.2 Å². The van der Waals surface area contributed by atoms with Crippen LogP contribution in [0.3, 0.4) is 0 Å². The van der Waals surface area contributed by atoms with Crippen molar-refractivity contribution in [2.45, 2.75) is 25.8 Å². The molecule has 0 N–H and O–H groups in total. The zero-order chi connectivity index (χ0) is 16.9. The van der Waals surface area contributed by atoms with Gasteiger partial charge in [0.2, 0.25) is 0 Å². The second-order valence-corrected chi connectivity index (χ2v) is 7.16. The van der Waals surface area contributed by atoms with Crippen LogP contribution in [0.1, 0.15) is 30.5 Å². The lowest BCUT2D eigenvalue weighted by atomic mass is 9.85. The van der Waals surface area contributed by atoms with Crippen molar-refractivity contribution in [2.24, 2.45) is 4.99 Å². The Morgan fingerprint density at radius 3 is 2.75 bits per heavy atom. The maximum atomic E-state index is 13.9. The van der Waals surface area contributed by atoms with Gasteiger partial charge in [-0.3, -0.25) is 9.98 Å². The molecule has 0 saturated carbocycles. The minimum absolute atomic E-state index is 0.246. The SMILES string of the molecule is CC1(C)Cc2c(Cl)cccc2C(c2cnc3c(F)cccc3c2)=N1. The van der Waals surface area contributed by atoms with E-state index < -0.39 is 0 Å². The van der Waals surface area contributed by atoms with E-state index >= 15 is 0 Å². The van der Waals surface area contributed by atoms with Crippen molar-refractivity contribution < 1.29 is 4.39 Å². The molecule has 2 aromatic carbocycles. The lowest BCUT2D eigenvalue weighted by molar-refractivity contribution is 0.513. The number of nitrogens with zero attached hydrogens (tertiary/aromatic N) is 2. The first-order chi connectivity index (χ1) is 11.4. The van der Waals surface area contributed by atoms with E-state index in [9.17, 15) is 4.39 Å². The van der Waals surface area contributed by atoms with Gasteiger partial charge in [-0.15, -0.1) is 0 Å². The normalized spacial score (nSPS) is 15.9. The van der Waals surface area contributed by atoms with E-state index in [1.54, 1.807) is 12.3 Å². The summed E-state index contributed by atoms with van der Waals surface area (Å²) >= 11 is 6.42. The summed E-state index contributed by atoms with van der Waals surface area (Å²) in [5.74, 6) is -0.312. The molecule has 120 valence electrons. The largest absolute Gasteiger partial charge is 0.278 e. The number of hydrogen-bond acceptors (Lipinski definition) is 2. The van der Waals surface area contributed by atoms with Crippen molar-refractivity contribution in [2.75, 3.05) is 0 Å². The molecule has 24 heavy (non-hydrogen) atoms. The van der Waals surface area contributed by atoms with E-state index in [1.165, 1.54) is 6.07 Å². The van der Waals surface area contributed by atoms with Crippen LogP contribution in [0.25, 0.3) is 10.9 Å². The fourth-order valence-corrected chi connectivity index (χ4v) is 3.51. The van der Waals surface area contributed by atoms with E-state index in [0.29, 0.717) is 5.52 Å². The fraction of sp³-hybridized carbons (Fsp3) is 0.200. The molecule has 1 aromatic heterocycles. The van der Waals surface area contributed by atoms with Gasteiger partial charge in [-0.05, 0) is 44.0 Å². The Labute approximate surface area is 145 Å². The van der Waals surface area contributed by atoms with Crippen molar-refractivity contribution in [1.82, 2.24) is 4.98 Å². The van der Waals surface area contributed by atoms with Gasteiger partial charge in [0.15, 0.2) is 0 Å². The molecule has 4 rings (SSSR count). The molecule has 2 heterocycles. The second kappa shape index (κ2) is 5.38. The second-order valence-electron chi connectivity index (χ2n) is 6.75. The number of para-hydroxylation sites is 1. The first-order valence-corrected chi connectivity index (χ1v) is 8.25. The molecule has 2 nitrogen and oxygen atoms in total. The van der Waals surface area contributed by atoms with Crippen LogP contribution in [0.5, 0.6) is 0 Å². The highest BCUT2D eigenvalue weighted by molar-refractivity contribution is 6.32. The predicted molar refractivity (Wildman–Crippen MR) is 96.6 cm³/mol. The molecular formula is C20H16ClFN2. The third kappa shape index (κ3) is 2.49. The summed E-state index contributed by atoms with van der Waals surface area (Å²) in [4.78, 5) is 9.23. The smallest absolute Gasteiger partial charge is 0.149 e. The Morgan fingerprint density at radius 1 is 1.12 bits per heavy atom. The molecule has 0 saturated heterocycles. The van der Waals surface area contributed by atoms with Crippen LogP contribution < -0.4 is 0 Å². The summed E-state index contributed by atoms with van der Waals surface area (Å²) < 4.78 is 13.9. The summed E-state index contributed by atoms with van der Waals surface area (Å²) in [5.41, 5.74) is 4.01. The van der Waals surface area contributed by atoms with Crippen molar-refractivity contribution in [3.8, 4) is 0 Å². The zero-order valence-electron chi connectivity index (χ0n) is 13.5. The van der Waals surface area contributed by atoms with Crippen molar-refractivity contribution >= 4 is 28.2 Å². The topological polar surface area (TPSA) is 25.2 Å². The molecule has 1 aliphatic heterocycles. The number of benzene rings is 2. The Balaban J connectivity index is 1.95. The molecule has 1 aliphatic rings. The van der Waals surface area contributed by atoms with E-state index in [-0.39, 0.29) is 11.4 Å². The number of aromatic nitrogens is 1. The molecule has 3 aromatic rings. The third-order valence-electron chi connectivity index (χ3n) is 4.33. The molecule has 0 fully saturated rings. The van der Waals surface area contributed by atoms with Gasteiger partial charge in [0.25, 0.3) is 0 Å². The predicted octanol–water partition coefficient (Wildman–Crippen LogP) is 5.20. The monoisotopic (exact) mass is 338 g/mol. The standard InChI is InChI=1S/C20H16ClFN2/c1-20(2)10-15-14(6-4-7-16(15)21)18(24-20)13-9-12-5-3-8-17(22)19(12)23-11-13/h3-9,11H,10H2,1-2H3. The maximum absolute atomic E-state index is 13.9. The first-order valence-electron chi connectivity index (χ1n) is 7.87. The minimum Gasteiger partial charge on any atom is -0.278 e. The lowest BCUT2D eigenvalue weighted by Gasteiger charge is -2.29. The van der Waals surface area contributed by atoms with Gasteiger partial charge in [0.05, 0.1) is 11.3 Å². The number of hydrogen-bond donors (Lipinski definition) is 0. The van der Waals surface area contributed by atoms with Crippen LogP contribution in [-0.4, -0.2) is 16.2 Å². The highest BCUT2D eigenvalue weighted by Gasteiger charge is 2.29. The summed E-state index contributed by atoms with van der Waals surface area (Å²) in [6.45, 7) is 4.18. The molecule has 0 amide bonds. The van der Waals surface area contributed by atoms with Crippen LogP contribution in [0.2, 0.25) is 5.02 Å². The quantitative estimate of drug-likeness (QED) is 0.598. The number of pyridine rings is 1. The summed E-state index contributed by atoms with van der Waals surface area (Å²) in [6, 6.07) is 12.8. The van der Waals surface area contributed by atoms with Crippen molar-refractivity contribution in [3.05, 3.63) is 76.2 Å². The lowest BCUT2D eigenvalue weighted by Crippen LogP contribution is -2.29. The molecule has 4 heteroatoms. The van der Waals surface area contributed by atoms with E-state index in [1.807, 2.05) is 30.3 Å². The molecular weight excluding hydrogens is 323 g/mol. The van der Waals surface area contributed by atoms with Crippen LogP contribution in [-0.2, 0) is 6.42 Å². The first kappa shape index (κ1) is 15.3. The Bertz CT molecular complexity index is 992. The highest BCUT2D eigenvalue weighted by Crippen LogP contribution is 2.33. The van der Waals surface area contributed by atoms with Gasteiger partial charge in [-0.25, -0.2) is 4.39 Å². The zero-order valence-corrected chi connectivity index (χ0v) is 14.2. The Morgan fingerprint density at radius 2 is 1.92 bits per heavy atom. The van der Waals surface area contributed by atoms with Crippen molar-refractivity contribution in [3.63, 3.8) is 0 Å². The maximum Gasteiger partial charge on any atom is 0.149 e. The Kier molecular flexibility index (Phi) is 3.43. The van der Waals surface area contributed by atoms with Crippen molar-refractivity contribution in [1.29, 1.82) is 0 Å². The van der Waals surface area contributed by atoms with Gasteiger partial charge in [-0.2, -0.15) is 0 Å². The number of aliphatic imine (C=N–C) groups is 1. The minimum atomic E-state index is -0.312. The van der Waals surface area contributed by atoms with Crippen LogP contribution in [0.15, 0.2) is 53.7 Å². The average Bonchev–Trinajstić information content (AvgIpc) is 2.54. The molecule has 0 spiro atoms. The molecule has 0 radical (unpaired) electrons. The average molecular weight is 339 g/mol. The molecule has 0 aliphatic carbocycles. The summed E-state index contributed by atoms with van der Waals surface area (Å²) in [6.07, 6.45) is 2.48. The highest BCUT2D eigenvalue weighted by atomic mass is 35.5. The van der Waals surface area contributed by atoms with Gasteiger partial charge in [0.1, 0.15) is 11.3 Å². The molecule has 0 bridgehead atoms. The van der Waals surface area contributed by atoms with E-state index in [2.05, 4.69) is 18.8 Å². The molecule has 0 atom stereocenters. The van der Waals surface area contributed by atoms with Gasteiger partial charge in [-0.1, -0.05) is 35.9 Å². The summed E-state index contributed by atoms with van der Waals surface area (Å²) in [5, 5.41) is 1.52.